The number of rotatable bonds is 4. The highest BCUT2D eigenvalue weighted by atomic mass is 15.1. The third kappa shape index (κ3) is 3.26. The van der Waals surface area contributed by atoms with E-state index in [1.54, 1.807) is 6.20 Å². The molecule has 0 spiro atoms. The van der Waals surface area contributed by atoms with Gasteiger partial charge in [0.2, 0.25) is 0 Å². The van der Waals surface area contributed by atoms with Crippen molar-refractivity contribution < 1.29 is 0 Å². The van der Waals surface area contributed by atoms with Crippen molar-refractivity contribution in [3.63, 3.8) is 0 Å². The number of nitrogens with zero attached hydrogens (tertiary/aromatic N) is 3. The Morgan fingerprint density at radius 2 is 1.36 bits per heavy atom. The summed E-state index contributed by atoms with van der Waals surface area (Å²) >= 11 is 0. The Morgan fingerprint density at radius 1 is 0.773 bits per heavy atom. The Hall–Kier alpha value is -2.81. The van der Waals surface area contributed by atoms with Crippen molar-refractivity contribution in [2.45, 2.75) is 13.0 Å². The number of benzene rings is 2. The minimum Gasteiger partial charge on any atom is -0.259 e. The number of aryl methyl sites for hydroxylation is 1. The molecule has 0 aliphatic rings. The van der Waals surface area contributed by atoms with Crippen LogP contribution < -0.4 is 0 Å². The fourth-order valence-corrected chi connectivity index (χ4v) is 2.30. The van der Waals surface area contributed by atoms with Crippen LogP contribution in [0.15, 0.2) is 89.2 Å². The number of pyridine rings is 1. The molecule has 0 fully saturated rings. The van der Waals surface area contributed by atoms with Gasteiger partial charge in [0.1, 0.15) is 11.7 Å². The van der Waals surface area contributed by atoms with Crippen LogP contribution in [0.4, 0.5) is 5.69 Å². The van der Waals surface area contributed by atoms with E-state index in [9.17, 15) is 0 Å². The molecule has 0 aliphatic heterocycles. The number of hydrogen-bond acceptors (Lipinski definition) is 3. The summed E-state index contributed by atoms with van der Waals surface area (Å²) in [6, 6.07) is 24.1. The fraction of sp³-hybridized carbons (Fsp3) is 0.105. The van der Waals surface area contributed by atoms with E-state index >= 15 is 0 Å². The van der Waals surface area contributed by atoms with E-state index in [0.717, 1.165) is 22.5 Å². The van der Waals surface area contributed by atoms with Crippen molar-refractivity contribution in [3.05, 3.63) is 95.8 Å². The van der Waals surface area contributed by atoms with E-state index in [4.69, 9.17) is 0 Å². The maximum absolute atomic E-state index is 4.58. The molecular weight excluding hydrogens is 270 g/mol. The summed E-state index contributed by atoms with van der Waals surface area (Å²) in [7, 11) is 0. The SMILES string of the molecule is Cc1ncccc1N=NC(c1ccccc1)c1ccccc1. The molecule has 3 rings (SSSR count). The van der Waals surface area contributed by atoms with Gasteiger partial charge in [-0.25, -0.2) is 0 Å². The molecule has 3 heteroatoms. The molecule has 0 atom stereocenters. The molecule has 0 amide bonds. The highest BCUT2D eigenvalue weighted by Gasteiger charge is 2.12. The predicted molar refractivity (Wildman–Crippen MR) is 88.2 cm³/mol. The summed E-state index contributed by atoms with van der Waals surface area (Å²) in [5.74, 6) is 0. The Bertz CT molecular complexity index is 712. The van der Waals surface area contributed by atoms with Crippen LogP contribution >= 0.6 is 0 Å². The van der Waals surface area contributed by atoms with Crippen LogP contribution in [0.3, 0.4) is 0 Å². The van der Waals surface area contributed by atoms with Gasteiger partial charge in [-0.2, -0.15) is 10.2 Å². The van der Waals surface area contributed by atoms with Crippen LogP contribution in [0.25, 0.3) is 0 Å². The molecule has 108 valence electrons. The normalized spacial score (nSPS) is 11.2. The summed E-state index contributed by atoms with van der Waals surface area (Å²) in [6.45, 7) is 1.94. The summed E-state index contributed by atoms with van der Waals surface area (Å²) in [5, 5.41) is 9.00. The molecule has 1 aromatic heterocycles. The lowest BCUT2D eigenvalue weighted by molar-refractivity contribution is 0.807. The van der Waals surface area contributed by atoms with Gasteiger partial charge < -0.3 is 0 Å². The predicted octanol–water partition coefficient (Wildman–Crippen LogP) is 5.26. The van der Waals surface area contributed by atoms with Crippen LogP contribution in [-0.4, -0.2) is 4.98 Å². The Balaban J connectivity index is 1.98. The van der Waals surface area contributed by atoms with E-state index in [1.807, 2.05) is 55.5 Å². The lowest BCUT2D eigenvalue weighted by Crippen LogP contribution is -1.96. The topological polar surface area (TPSA) is 37.6 Å². The quantitative estimate of drug-likeness (QED) is 0.603. The molecule has 3 nitrogen and oxygen atoms in total. The highest BCUT2D eigenvalue weighted by Crippen LogP contribution is 2.28. The Morgan fingerprint density at radius 3 is 1.91 bits per heavy atom. The van der Waals surface area contributed by atoms with Crippen LogP contribution in [-0.2, 0) is 0 Å². The molecule has 22 heavy (non-hydrogen) atoms. The summed E-state index contributed by atoms with van der Waals surface area (Å²) in [5.41, 5.74) is 3.93. The zero-order valence-corrected chi connectivity index (χ0v) is 12.4. The molecule has 0 unspecified atom stereocenters. The smallest absolute Gasteiger partial charge is 0.121 e. The van der Waals surface area contributed by atoms with Crippen molar-refractivity contribution in [2.75, 3.05) is 0 Å². The van der Waals surface area contributed by atoms with E-state index < -0.39 is 0 Å². The standard InChI is InChI=1S/C19H17N3/c1-15-18(13-8-14-20-15)21-22-19(16-9-4-2-5-10-16)17-11-6-3-7-12-17/h2-14,19H,1H3. The van der Waals surface area contributed by atoms with E-state index in [1.165, 1.54) is 0 Å². The lowest BCUT2D eigenvalue weighted by Gasteiger charge is -2.12. The minimum absolute atomic E-state index is 0.109. The maximum Gasteiger partial charge on any atom is 0.121 e. The Labute approximate surface area is 130 Å². The van der Waals surface area contributed by atoms with E-state index in [0.29, 0.717) is 0 Å². The summed E-state index contributed by atoms with van der Waals surface area (Å²) in [4.78, 5) is 4.25. The van der Waals surface area contributed by atoms with Crippen molar-refractivity contribution in [2.24, 2.45) is 10.2 Å². The van der Waals surface area contributed by atoms with Crippen LogP contribution in [0.5, 0.6) is 0 Å². The van der Waals surface area contributed by atoms with Crippen LogP contribution in [0.1, 0.15) is 22.9 Å². The third-order valence-electron chi connectivity index (χ3n) is 3.49. The van der Waals surface area contributed by atoms with Gasteiger partial charge in [-0.15, -0.1) is 0 Å². The summed E-state index contributed by atoms with van der Waals surface area (Å²) in [6.07, 6.45) is 1.76. The highest BCUT2D eigenvalue weighted by molar-refractivity contribution is 5.40. The van der Waals surface area contributed by atoms with Crippen molar-refractivity contribution in [3.8, 4) is 0 Å². The van der Waals surface area contributed by atoms with Crippen molar-refractivity contribution in [1.82, 2.24) is 4.98 Å². The molecule has 3 aromatic rings. The molecule has 1 heterocycles. The van der Waals surface area contributed by atoms with Crippen molar-refractivity contribution >= 4 is 5.69 Å². The summed E-state index contributed by atoms with van der Waals surface area (Å²) < 4.78 is 0. The molecule has 0 saturated heterocycles. The number of azo groups is 1. The van der Waals surface area contributed by atoms with E-state index in [-0.39, 0.29) is 6.04 Å². The molecule has 2 aromatic carbocycles. The zero-order valence-electron chi connectivity index (χ0n) is 12.4. The first kappa shape index (κ1) is 14.1. The zero-order chi connectivity index (χ0) is 15.2. The minimum atomic E-state index is -0.109. The molecule has 0 N–H and O–H groups in total. The van der Waals surface area contributed by atoms with Gasteiger partial charge in [0.15, 0.2) is 0 Å². The van der Waals surface area contributed by atoms with E-state index in [2.05, 4.69) is 39.5 Å². The molecule has 0 bridgehead atoms. The third-order valence-corrected chi connectivity index (χ3v) is 3.49. The first-order valence-electron chi connectivity index (χ1n) is 7.27. The second-order valence-corrected chi connectivity index (χ2v) is 5.05. The van der Waals surface area contributed by atoms with Gasteiger partial charge in [0.05, 0.1) is 5.69 Å². The molecule has 0 aliphatic carbocycles. The first-order chi connectivity index (χ1) is 10.8. The van der Waals surface area contributed by atoms with Gasteiger partial charge in [0.25, 0.3) is 0 Å². The van der Waals surface area contributed by atoms with Gasteiger partial charge in [-0.1, -0.05) is 60.7 Å². The second kappa shape index (κ2) is 6.76. The van der Waals surface area contributed by atoms with Gasteiger partial charge in [0, 0.05) is 6.20 Å². The average Bonchev–Trinajstić information content (AvgIpc) is 2.59. The van der Waals surface area contributed by atoms with Gasteiger partial charge in [-0.3, -0.25) is 4.98 Å². The van der Waals surface area contributed by atoms with Crippen LogP contribution in [0.2, 0.25) is 0 Å². The first-order valence-corrected chi connectivity index (χ1v) is 7.27. The van der Waals surface area contributed by atoms with Crippen LogP contribution in [0, 0.1) is 6.92 Å². The fourth-order valence-electron chi connectivity index (χ4n) is 2.30. The average molecular weight is 287 g/mol. The number of hydrogen-bond donors (Lipinski definition) is 0. The lowest BCUT2D eigenvalue weighted by atomic mass is 10.00. The molecule has 0 saturated carbocycles. The largest absolute Gasteiger partial charge is 0.259 e. The van der Waals surface area contributed by atoms with Crippen molar-refractivity contribution in [1.29, 1.82) is 0 Å². The maximum atomic E-state index is 4.58. The monoisotopic (exact) mass is 287 g/mol. The van der Waals surface area contributed by atoms with Gasteiger partial charge >= 0.3 is 0 Å². The molecule has 0 radical (unpaired) electrons. The molecular formula is C19H17N3. The van der Waals surface area contributed by atoms with Gasteiger partial charge in [-0.05, 0) is 30.2 Å². The number of aromatic nitrogens is 1. The Kier molecular flexibility index (Phi) is 4.35. The second-order valence-electron chi connectivity index (χ2n) is 5.05.